The van der Waals surface area contributed by atoms with Gasteiger partial charge in [0.25, 0.3) is 0 Å². The first-order valence-electron chi connectivity index (χ1n) is 7.48. The van der Waals surface area contributed by atoms with Gasteiger partial charge in [-0.2, -0.15) is 5.10 Å². The molecule has 0 atom stereocenters. The fraction of sp³-hybridized carbons (Fsp3) is 0.533. The third-order valence-electron chi connectivity index (χ3n) is 4.28. The molecule has 21 heavy (non-hydrogen) atoms. The average Bonchev–Trinajstić information content (AvgIpc) is 2.89. The largest absolute Gasteiger partial charge is 0.306 e. The fourth-order valence-corrected chi connectivity index (χ4v) is 3.13. The number of pyridine rings is 1. The Labute approximate surface area is 130 Å². The standard InChI is InChI=1S/C15H21N5S/c1-19-8-4-12(5-9-19)6-10-20-14(17-18-15(20)21)13-3-2-7-16-11-13/h2-3,7,11-12H,4-6,8-10H2,1H3,(H,18,21). The second-order valence-electron chi connectivity index (χ2n) is 5.78. The maximum Gasteiger partial charge on any atom is 0.195 e. The van der Waals surface area contributed by atoms with Crippen LogP contribution in [0.1, 0.15) is 19.3 Å². The lowest BCUT2D eigenvalue weighted by molar-refractivity contribution is 0.208. The Morgan fingerprint density at radius 3 is 2.90 bits per heavy atom. The van der Waals surface area contributed by atoms with Gasteiger partial charge in [-0.05, 0) is 69.7 Å². The second kappa shape index (κ2) is 6.49. The molecule has 0 aromatic carbocycles. The second-order valence-corrected chi connectivity index (χ2v) is 6.17. The number of rotatable bonds is 4. The van der Waals surface area contributed by atoms with Crippen LogP contribution in [0.5, 0.6) is 0 Å². The van der Waals surface area contributed by atoms with E-state index in [1.54, 1.807) is 6.20 Å². The van der Waals surface area contributed by atoms with Gasteiger partial charge in [-0.15, -0.1) is 0 Å². The molecule has 0 bridgehead atoms. The van der Waals surface area contributed by atoms with Gasteiger partial charge in [-0.3, -0.25) is 10.1 Å². The summed E-state index contributed by atoms with van der Waals surface area (Å²) >= 11 is 5.37. The topological polar surface area (TPSA) is 49.7 Å². The van der Waals surface area contributed by atoms with Crippen LogP contribution in [-0.4, -0.2) is 44.8 Å². The van der Waals surface area contributed by atoms with Crippen molar-refractivity contribution in [3.05, 3.63) is 29.3 Å². The van der Waals surface area contributed by atoms with Crippen molar-refractivity contribution in [3.63, 3.8) is 0 Å². The Morgan fingerprint density at radius 1 is 1.38 bits per heavy atom. The number of piperidine rings is 1. The van der Waals surface area contributed by atoms with Gasteiger partial charge in [0.1, 0.15) is 0 Å². The molecule has 1 aliphatic heterocycles. The molecule has 1 saturated heterocycles. The summed E-state index contributed by atoms with van der Waals surface area (Å²) < 4.78 is 2.80. The summed E-state index contributed by atoms with van der Waals surface area (Å²) in [6, 6.07) is 3.94. The van der Waals surface area contributed by atoms with Crippen molar-refractivity contribution in [2.45, 2.75) is 25.8 Å². The van der Waals surface area contributed by atoms with E-state index in [1.165, 1.54) is 25.9 Å². The molecular formula is C15H21N5S. The summed E-state index contributed by atoms with van der Waals surface area (Å²) in [5.74, 6) is 1.68. The summed E-state index contributed by atoms with van der Waals surface area (Å²) in [6.07, 6.45) is 7.33. The number of nitrogens with one attached hydrogen (secondary N) is 1. The molecule has 5 nitrogen and oxygen atoms in total. The van der Waals surface area contributed by atoms with Gasteiger partial charge in [0, 0.05) is 24.5 Å². The van der Waals surface area contributed by atoms with Crippen molar-refractivity contribution in [2.24, 2.45) is 5.92 Å². The van der Waals surface area contributed by atoms with Gasteiger partial charge in [0.15, 0.2) is 10.6 Å². The highest BCUT2D eigenvalue weighted by atomic mass is 32.1. The van der Waals surface area contributed by atoms with Crippen LogP contribution in [0.4, 0.5) is 0 Å². The molecule has 1 fully saturated rings. The first-order chi connectivity index (χ1) is 10.2. The van der Waals surface area contributed by atoms with Crippen molar-refractivity contribution in [1.29, 1.82) is 0 Å². The quantitative estimate of drug-likeness (QED) is 0.882. The van der Waals surface area contributed by atoms with Crippen LogP contribution in [0.3, 0.4) is 0 Å². The number of likely N-dealkylation sites (tertiary alicyclic amines) is 1. The molecule has 2 aromatic rings. The predicted molar refractivity (Wildman–Crippen MR) is 85.5 cm³/mol. The molecule has 0 spiro atoms. The van der Waals surface area contributed by atoms with Crippen LogP contribution in [0.2, 0.25) is 0 Å². The molecule has 3 heterocycles. The van der Waals surface area contributed by atoms with Crippen LogP contribution in [0.25, 0.3) is 11.4 Å². The van der Waals surface area contributed by atoms with E-state index in [-0.39, 0.29) is 0 Å². The van der Waals surface area contributed by atoms with Gasteiger partial charge >= 0.3 is 0 Å². The van der Waals surface area contributed by atoms with Gasteiger partial charge in [-0.25, -0.2) is 0 Å². The highest BCUT2D eigenvalue weighted by Gasteiger charge is 2.17. The minimum absolute atomic E-state index is 0.696. The number of H-pyrrole nitrogens is 1. The molecule has 3 rings (SSSR count). The predicted octanol–water partition coefficient (Wildman–Crippen LogP) is 2.73. The lowest BCUT2D eigenvalue weighted by atomic mass is 9.94. The molecular weight excluding hydrogens is 282 g/mol. The molecule has 2 aromatic heterocycles. The Balaban J connectivity index is 1.71. The molecule has 0 amide bonds. The molecule has 0 unspecified atom stereocenters. The van der Waals surface area contributed by atoms with E-state index in [0.717, 1.165) is 30.3 Å². The lowest BCUT2D eigenvalue weighted by Crippen LogP contribution is -2.30. The SMILES string of the molecule is CN1CCC(CCn2c(-c3cccnc3)n[nH]c2=S)CC1. The number of nitrogens with zero attached hydrogens (tertiary/aromatic N) is 4. The Hall–Kier alpha value is -1.53. The smallest absolute Gasteiger partial charge is 0.195 e. The zero-order valence-electron chi connectivity index (χ0n) is 12.3. The van der Waals surface area contributed by atoms with E-state index >= 15 is 0 Å². The summed E-state index contributed by atoms with van der Waals surface area (Å²) in [6.45, 7) is 3.34. The molecule has 112 valence electrons. The zero-order chi connectivity index (χ0) is 14.7. The van der Waals surface area contributed by atoms with Gasteiger partial charge in [-0.1, -0.05) is 0 Å². The lowest BCUT2D eigenvalue weighted by Gasteiger charge is -2.29. The van der Waals surface area contributed by atoms with Crippen molar-refractivity contribution in [3.8, 4) is 11.4 Å². The van der Waals surface area contributed by atoms with Gasteiger partial charge in [0.2, 0.25) is 0 Å². The van der Waals surface area contributed by atoms with Crippen molar-refractivity contribution in [1.82, 2.24) is 24.6 Å². The normalized spacial score (nSPS) is 17.2. The van der Waals surface area contributed by atoms with Crippen LogP contribution in [0, 0.1) is 10.7 Å². The van der Waals surface area contributed by atoms with Crippen molar-refractivity contribution >= 4 is 12.2 Å². The molecule has 0 aliphatic carbocycles. The van der Waals surface area contributed by atoms with E-state index in [4.69, 9.17) is 12.2 Å². The van der Waals surface area contributed by atoms with E-state index < -0.39 is 0 Å². The van der Waals surface area contributed by atoms with E-state index in [1.807, 2.05) is 18.3 Å². The molecule has 0 radical (unpaired) electrons. The summed E-state index contributed by atoms with van der Waals surface area (Å²) in [7, 11) is 2.20. The van der Waals surface area contributed by atoms with Crippen LogP contribution in [-0.2, 0) is 6.54 Å². The van der Waals surface area contributed by atoms with Crippen molar-refractivity contribution < 1.29 is 0 Å². The number of hydrogen-bond donors (Lipinski definition) is 1. The van der Waals surface area contributed by atoms with Crippen LogP contribution >= 0.6 is 12.2 Å². The highest BCUT2D eigenvalue weighted by molar-refractivity contribution is 7.71. The van der Waals surface area contributed by atoms with Crippen LogP contribution < -0.4 is 0 Å². The third-order valence-corrected chi connectivity index (χ3v) is 4.59. The first-order valence-corrected chi connectivity index (χ1v) is 7.89. The number of hydrogen-bond acceptors (Lipinski definition) is 4. The summed E-state index contributed by atoms with van der Waals surface area (Å²) in [5.41, 5.74) is 1.01. The summed E-state index contributed by atoms with van der Waals surface area (Å²) in [5, 5.41) is 7.27. The van der Waals surface area contributed by atoms with Crippen molar-refractivity contribution in [2.75, 3.05) is 20.1 Å². The molecule has 1 N–H and O–H groups in total. The molecule has 6 heteroatoms. The van der Waals surface area contributed by atoms with E-state index in [0.29, 0.717) is 4.77 Å². The monoisotopic (exact) mass is 303 g/mol. The Bertz CT molecular complexity index is 625. The zero-order valence-corrected chi connectivity index (χ0v) is 13.1. The molecule has 1 aliphatic rings. The number of aromatic nitrogens is 4. The molecule has 0 saturated carbocycles. The fourth-order valence-electron chi connectivity index (χ4n) is 2.90. The summed E-state index contributed by atoms with van der Waals surface area (Å²) in [4.78, 5) is 6.57. The Morgan fingerprint density at radius 2 is 2.19 bits per heavy atom. The minimum atomic E-state index is 0.696. The minimum Gasteiger partial charge on any atom is -0.306 e. The number of aromatic amines is 1. The van der Waals surface area contributed by atoms with Gasteiger partial charge in [0.05, 0.1) is 0 Å². The van der Waals surface area contributed by atoms with Crippen LogP contribution in [0.15, 0.2) is 24.5 Å². The maximum atomic E-state index is 5.37. The van der Waals surface area contributed by atoms with E-state index in [2.05, 4.69) is 31.7 Å². The highest BCUT2D eigenvalue weighted by Crippen LogP contribution is 2.22. The average molecular weight is 303 g/mol. The first kappa shape index (κ1) is 14.4. The third kappa shape index (κ3) is 3.39. The van der Waals surface area contributed by atoms with E-state index in [9.17, 15) is 0 Å². The Kier molecular flexibility index (Phi) is 4.45. The maximum absolute atomic E-state index is 5.37. The van der Waals surface area contributed by atoms with Gasteiger partial charge < -0.3 is 9.47 Å².